The lowest BCUT2D eigenvalue weighted by Crippen LogP contribution is -2.53. The van der Waals surface area contributed by atoms with Crippen LogP contribution in [0.3, 0.4) is 0 Å². The second-order valence-electron chi connectivity index (χ2n) is 18.2. The van der Waals surface area contributed by atoms with Gasteiger partial charge in [-0.2, -0.15) is 0 Å². The van der Waals surface area contributed by atoms with Crippen molar-refractivity contribution in [2.24, 2.45) is 0 Å². The van der Waals surface area contributed by atoms with Crippen molar-refractivity contribution in [2.75, 3.05) is 6.61 Å². The van der Waals surface area contributed by atoms with Crippen molar-refractivity contribution in [3.63, 3.8) is 0 Å². The average Bonchev–Trinajstić information content (AvgIpc) is 3.24. The average molecular weight is 834 g/mol. The Morgan fingerprint density at radius 3 is 1.07 bits per heavy atom. The number of carbonyl (C=O) groups is 1. The van der Waals surface area contributed by atoms with Gasteiger partial charge < -0.3 is 25.7 Å². The quantitative estimate of drug-likeness (QED) is 0.0310. The first kappa shape index (κ1) is 57.8. The van der Waals surface area contributed by atoms with E-state index in [2.05, 4.69) is 43.5 Å². The fourth-order valence-electron chi connectivity index (χ4n) is 8.25. The smallest absolute Gasteiger partial charge is 0.249 e. The number of hydrogen-bond acceptors (Lipinski definition) is 5. The van der Waals surface area contributed by atoms with Gasteiger partial charge in [0.15, 0.2) is 0 Å². The highest BCUT2D eigenvalue weighted by Gasteiger charge is 2.28. The minimum Gasteiger partial charge on any atom is -0.394 e. The van der Waals surface area contributed by atoms with Crippen molar-refractivity contribution >= 4 is 5.91 Å². The molecule has 0 radical (unpaired) electrons. The fourth-order valence-corrected chi connectivity index (χ4v) is 8.25. The summed E-state index contributed by atoms with van der Waals surface area (Å²) in [7, 11) is 0. The van der Waals surface area contributed by atoms with E-state index in [1.165, 1.54) is 205 Å². The Morgan fingerprint density at radius 1 is 0.407 bits per heavy atom. The summed E-state index contributed by atoms with van der Waals surface area (Å²) in [5, 5.41) is 43.8. The third kappa shape index (κ3) is 41.9. The number of carbonyl (C=O) groups excluding carboxylic acids is 1. The molecule has 0 aromatic carbocycles. The maximum absolute atomic E-state index is 12.5. The molecule has 0 aromatic rings. The van der Waals surface area contributed by atoms with Gasteiger partial charge in [0.05, 0.1) is 18.8 Å². The Hall–Kier alpha value is -1.21. The molecule has 6 heteroatoms. The van der Waals surface area contributed by atoms with Crippen LogP contribution < -0.4 is 5.32 Å². The number of hydrogen-bond donors (Lipinski definition) is 5. The minimum absolute atomic E-state index is 0.364. The van der Waals surface area contributed by atoms with Crippen molar-refractivity contribution in [2.45, 2.75) is 301 Å². The molecule has 0 aliphatic heterocycles. The van der Waals surface area contributed by atoms with Crippen molar-refractivity contribution < 1.29 is 25.2 Å². The van der Waals surface area contributed by atoms with E-state index in [1.807, 2.05) is 0 Å². The highest BCUT2D eigenvalue weighted by molar-refractivity contribution is 5.80. The molecule has 0 aromatic heterocycles. The zero-order chi connectivity index (χ0) is 43.1. The van der Waals surface area contributed by atoms with Crippen molar-refractivity contribution in [1.82, 2.24) is 5.32 Å². The van der Waals surface area contributed by atoms with E-state index >= 15 is 0 Å². The lowest BCUT2D eigenvalue weighted by Gasteiger charge is -2.27. The number of aliphatic hydroxyl groups excluding tert-OH is 4. The molecule has 0 saturated heterocycles. The van der Waals surface area contributed by atoms with Crippen LogP contribution in [0, 0.1) is 0 Å². The summed E-state index contributed by atoms with van der Waals surface area (Å²) < 4.78 is 0. The lowest BCUT2D eigenvalue weighted by atomic mass is 10.00. The number of amides is 1. The number of unbranched alkanes of at least 4 members (excludes halogenated alkanes) is 35. The first-order valence-corrected chi connectivity index (χ1v) is 26.2. The fraction of sp³-hybridized carbons (Fsp3) is 0.906. The predicted molar refractivity (Wildman–Crippen MR) is 256 cm³/mol. The van der Waals surface area contributed by atoms with Crippen molar-refractivity contribution in [3.8, 4) is 0 Å². The molecule has 0 heterocycles. The topological polar surface area (TPSA) is 110 Å². The third-order valence-corrected chi connectivity index (χ3v) is 12.4. The van der Waals surface area contributed by atoms with Crippen LogP contribution in [-0.2, 0) is 4.79 Å². The lowest BCUT2D eigenvalue weighted by molar-refractivity contribution is -0.132. The van der Waals surface area contributed by atoms with Gasteiger partial charge in [0, 0.05) is 0 Å². The van der Waals surface area contributed by atoms with Crippen LogP contribution in [0.5, 0.6) is 0 Å². The summed E-state index contributed by atoms with van der Waals surface area (Å²) in [5.41, 5.74) is 0. The Labute approximate surface area is 367 Å². The highest BCUT2D eigenvalue weighted by Crippen LogP contribution is 2.17. The zero-order valence-corrected chi connectivity index (χ0v) is 39.5. The molecule has 4 unspecified atom stereocenters. The molecule has 350 valence electrons. The molecule has 0 aliphatic carbocycles. The molecular weight excluding hydrogens is 731 g/mol. The van der Waals surface area contributed by atoms with Gasteiger partial charge in [-0.15, -0.1) is 0 Å². The minimum atomic E-state index is -1.29. The summed E-state index contributed by atoms with van der Waals surface area (Å²) in [6, 6.07) is -1.01. The number of nitrogens with one attached hydrogen (secondary N) is 1. The van der Waals surface area contributed by atoms with E-state index in [0.717, 1.165) is 38.5 Å². The van der Waals surface area contributed by atoms with Crippen LogP contribution in [0.1, 0.15) is 277 Å². The molecule has 0 bridgehead atoms. The van der Waals surface area contributed by atoms with E-state index in [0.29, 0.717) is 19.3 Å². The summed E-state index contributed by atoms with van der Waals surface area (Å²) >= 11 is 0. The molecular formula is C53H103NO5. The molecule has 5 N–H and O–H groups in total. The molecule has 1 amide bonds. The summed E-state index contributed by atoms with van der Waals surface area (Å²) in [4.78, 5) is 12.5. The number of rotatable bonds is 48. The van der Waals surface area contributed by atoms with Crippen molar-refractivity contribution in [1.29, 1.82) is 0 Å². The van der Waals surface area contributed by atoms with Crippen molar-refractivity contribution in [3.05, 3.63) is 24.3 Å². The second-order valence-corrected chi connectivity index (χ2v) is 18.2. The van der Waals surface area contributed by atoms with Crippen LogP contribution >= 0.6 is 0 Å². The monoisotopic (exact) mass is 834 g/mol. The normalized spacial score (nSPS) is 14.1. The van der Waals surface area contributed by atoms with Crippen LogP contribution in [0.15, 0.2) is 24.3 Å². The highest BCUT2D eigenvalue weighted by atomic mass is 16.3. The van der Waals surface area contributed by atoms with E-state index in [-0.39, 0.29) is 0 Å². The van der Waals surface area contributed by atoms with Gasteiger partial charge in [-0.1, -0.05) is 250 Å². The van der Waals surface area contributed by atoms with Crippen LogP contribution in [0.2, 0.25) is 0 Å². The molecule has 6 nitrogen and oxygen atoms in total. The third-order valence-electron chi connectivity index (χ3n) is 12.4. The van der Waals surface area contributed by atoms with Gasteiger partial charge in [-0.25, -0.2) is 0 Å². The molecule has 0 spiro atoms. The first-order valence-electron chi connectivity index (χ1n) is 26.2. The summed E-state index contributed by atoms with van der Waals surface area (Å²) in [5.74, 6) is -0.595. The number of aliphatic hydroxyl groups is 4. The van der Waals surface area contributed by atoms with Gasteiger partial charge in [0.1, 0.15) is 12.2 Å². The Kier molecular flexibility index (Phi) is 46.9. The van der Waals surface area contributed by atoms with Gasteiger partial charge in [-0.3, -0.25) is 4.79 Å². The Balaban J connectivity index is 3.66. The summed E-state index contributed by atoms with van der Waals surface area (Å²) in [6.07, 6.45) is 56.8. The summed E-state index contributed by atoms with van der Waals surface area (Å²) in [6.45, 7) is 4.06. The van der Waals surface area contributed by atoms with Gasteiger partial charge in [-0.05, 0) is 51.4 Å². The first-order chi connectivity index (χ1) is 29.0. The Bertz CT molecular complexity index is 893. The zero-order valence-electron chi connectivity index (χ0n) is 39.5. The molecule has 0 rings (SSSR count). The largest absolute Gasteiger partial charge is 0.394 e. The van der Waals surface area contributed by atoms with Gasteiger partial charge >= 0.3 is 0 Å². The van der Waals surface area contributed by atoms with Crippen LogP contribution in [0.25, 0.3) is 0 Å². The predicted octanol–water partition coefficient (Wildman–Crippen LogP) is 14.7. The molecule has 4 atom stereocenters. The van der Waals surface area contributed by atoms with E-state index < -0.39 is 36.9 Å². The SMILES string of the molecule is CCCCCCCCCCCCCCCCCCCCCC/C=C/CC/C=C/CCCC(O)C(O)C(CO)NC(=O)C(O)CCCCCCCCCCCCCCCC. The van der Waals surface area contributed by atoms with E-state index in [4.69, 9.17) is 0 Å². The van der Waals surface area contributed by atoms with Gasteiger partial charge in [0.2, 0.25) is 5.91 Å². The maximum Gasteiger partial charge on any atom is 0.249 e. The molecule has 0 aliphatic rings. The maximum atomic E-state index is 12.5. The standard InChI is InChI=1S/C53H103NO5/c1-3-5-7-9-11-13-15-17-19-20-21-22-23-24-25-26-27-28-29-30-31-32-33-35-36-38-40-42-44-46-50(56)52(58)49(48-55)54-53(59)51(57)47-45-43-41-39-37-34-18-16-14-12-10-8-6-4-2/h32-33,38,40,49-52,55-58H,3-31,34-37,39,41-48H2,1-2H3,(H,54,59)/b33-32+,40-38+. The molecule has 0 fully saturated rings. The van der Waals surface area contributed by atoms with Crippen LogP contribution in [0.4, 0.5) is 0 Å². The Morgan fingerprint density at radius 2 is 0.712 bits per heavy atom. The number of allylic oxidation sites excluding steroid dienone is 4. The van der Waals surface area contributed by atoms with Gasteiger partial charge in [0.25, 0.3) is 0 Å². The molecule has 59 heavy (non-hydrogen) atoms. The van der Waals surface area contributed by atoms with E-state index in [9.17, 15) is 25.2 Å². The van der Waals surface area contributed by atoms with E-state index in [1.54, 1.807) is 0 Å². The second kappa shape index (κ2) is 47.8. The molecule has 0 saturated carbocycles. The van der Waals surface area contributed by atoms with Crippen LogP contribution in [-0.4, -0.2) is 57.3 Å².